The molecule has 0 atom stereocenters. The summed E-state index contributed by atoms with van der Waals surface area (Å²) in [4.78, 5) is 7.84. The zero-order valence-electron chi connectivity index (χ0n) is 14.8. The Morgan fingerprint density at radius 3 is 2.74 bits per heavy atom. The summed E-state index contributed by atoms with van der Waals surface area (Å²) >= 11 is 9.04. The van der Waals surface area contributed by atoms with Gasteiger partial charge >= 0.3 is 0 Å². The molecule has 5 nitrogen and oxygen atoms in total. The fourth-order valence-corrected chi connectivity index (χ4v) is 3.79. The summed E-state index contributed by atoms with van der Waals surface area (Å²) in [5, 5.41) is 0. The van der Waals surface area contributed by atoms with Crippen LogP contribution in [0.3, 0.4) is 0 Å². The van der Waals surface area contributed by atoms with Crippen LogP contribution in [-0.4, -0.2) is 23.7 Å². The first-order chi connectivity index (χ1) is 13.1. The predicted octanol–water partition coefficient (Wildman–Crippen LogP) is 5.67. The number of nitrogens with one attached hydrogen (secondary N) is 1. The number of aromatic amines is 1. The summed E-state index contributed by atoms with van der Waals surface area (Å²) < 4.78 is 18.5. The van der Waals surface area contributed by atoms with Crippen molar-refractivity contribution in [2.24, 2.45) is 0 Å². The number of ether oxygens (including phenoxy) is 3. The van der Waals surface area contributed by atoms with Crippen LogP contribution in [0.15, 0.2) is 40.9 Å². The Labute approximate surface area is 170 Å². The summed E-state index contributed by atoms with van der Waals surface area (Å²) in [6, 6.07) is 11.6. The molecule has 27 heavy (non-hydrogen) atoms. The first-order valence-electron chi connectivity index (χ1n) is 8.49. The van der Waals surface area contributed by atoms with Crippen LogP contribution in [0.2, 0.25) is 0 Å². The van der Waals surface area contributed by atoms with E-state index in [0.717, 1.165) is 26.9 Å². The standard InChI is InChI=1S/C20H17BrN2O3S/c1-3-25-14-6-4-11(5-7-14)18-22-19-15(20(27)23-18)9-12-8-13(21)10-16(24-2)17(12)26-19/h4-8,10H,3,9H2,1-2H3,(H,22,23,27). The topological polar surface area (TPSA) is 56.4 Å². The van der Waals surface area contributed by atoms with Crippen LogP contribution in [0.1, 0.15) is 18.1 Å². The molecule has 0 unspecified atom stereocenters. The van der Waals surface area contributed by atoms with Crippen molar-refractivity contribution in [3.05, 3.63) is 56.6 Å². The second kappa shape index (κ2) is 7.32. The molecule has 0 aliphatic carbocycles. The van der Waals surface area contributed by atoms with Gasteiger partial charge < -0.3 is 19.2 Å². The first-order valence-corrected chi connectivity index (χ1v) is 9.70. The molecule has 1 N–H and O–H groups in total. The maximum atomic E-state index is 6.13. The van der Waals surface area contributed by atoms with E-state index >= 15 is 0 Å². The number of halogens is 1. The van der Waals surface area contributed by atoms with E-state index in [1.807, 2.05) is 43.3 Å². The molecule has 0 saturated carbocycles. The largest absolute Gasteiger partial charge is 0.494 e. The first kappa shape index (κ1) is 18.0. The summed E-state index contributed by atoms with van der Waals surface area (Å²) in [7, 11) is 1.63. The van der Waals surface area contributed by atoms with E-state index in [1.54, 1.807) is 7.11 Å². The van der Waals surface area contributed by atoms with Gasteiger partial charge in [-0.05, 0) is 43.3 Å². The zero-order valence-corrected chi connectivity index (χ0v) is 17.2. The van der Waals surface area contributed by atoms with E-state index < -0.39 is 0 Å². The van der Waals surface area contributed by atoms with Gasteiger partial charge in [-0.2, -0.15) is 0 Å². The van der Waals surface area contributed by atoms with Crippen molar-refractivity contribution < 1.29 is 14.2 Å². The van der Waals surface area contributed by atoms with Crippen LogP contribution in [0.5, 0.6) is 23.1 Å². The van der Waals surface area contributed by atoms with Gasteiger partial charge in [0, 0.05) is 22.0 Å². The lowest BCUT2D eigenvalue weighted by molar-refractivity contribution is 0.340. The summed E-state index contributed by atoms with van der Waals surface area (Å²) in [6.45, 7) is 2.59. The maximum Gasteiger partial charge on any atom is 0.205 e. The van der Waals surface area contributed by atoms with Gasteiger partial charge in [0.25, 0.3) is 0 Å². The predicted molar refractivity (Wildman–Crippen MR) is 110 cm³/mol. The fourth-order valence-electron chi connectivity index (χ4n) is 3.05. The van der Waals surface area contributed by atoms with Crippen LogP contribution >= 0.6 is 28.1 Å². The van der Waals surface area contributed by atoms with Gasteiger partial charge in [-0.25, -0.2) is 4.98 Å². The molecular formula is C20H17BrN2O3S. The SMILES string of the molecule is CCOc1ccc(-c2nc(=S)c3c([nH]2)Oc2c(cc(Br)cc2OC)C3)cc1. The van der Waals surface area contributed by atoms with E-state index in [-0.39, 0.29) is 0 Å². The minimum absolute atomic E-state index is 0.525. The lowest BCUT2D eigenvalue weighted by atomic mass is 10.0. The Morgan fingerprint density at radius 1 is 1.26 bits per heavy atom. The lowest BCUT2D eigenvalue weighted by Gasteiger charge is -2.22. The fraction of sp³-hybridized carbons (Fsp3) is 0.200. The number of hydrogen-bond donors (Lipinski definition) is 1. The van der Waals surface area contributed by atoms with Crippen LogP contribution < -0.4 is 14.2 Å². The molecule has 0 fully saturated rings. The van der Waals surface area contributed by atoms with Crippen LogP contribution in [-0.2, 0) is 6.42 Å². The van der Waals surface area contributed by atoms with Crippen molar-refractivity contribution in [1.82, 2.24) is 9.97 Å². The Bertz CT molecular complexity index is 1060. The van der Waals surface area contributed by atoms with E-state index in [4.69, 9.17) is 26.4 Å². The number of benzene rings is 2. The molecular weight excluding hydrogens is 428 g/mol. The molecule has 2 heterocycles. The van der Waals surface area contributed by atoms with Gasteiger partial charge in [0.1, 0.15) is 16.2 Å². The number of nitrogens with zero attached hydrogens (tertiary/aromatic N) is 1. The molecule has 7 heteroatoms. The van der Waals surface area contributed by atoms with Crippen LogP contribution in [0, 0.1) is 4.64 Å². The van der Waals surface area contributed by atoms with Gasteiger partial charge in [0.05, 0.1) is 19.3 Å². The highest BCUT2D eigenvalue weighted by atomic mass is 79.9. The maximum absolute atomic E-state index is 6.13. The van der Waals surface area contributed by atoms with E-state index in [9.17, 15) is 0 Å². The van der Waals surface area contributed by atoms with Crippen molar-refractivity contribution in [2.45, 2.75) is 13.3 Å². The molecule has 1 aliphatic heterocycles. The molecule has 2 aromatic carbocycles. The Balaban J connectivity index is 1.75. The van der Waals surface area contributed by atoms with Crippen LogP contribution in [0.25, 0.3) is 11.4 Å². The van der Waals surface area contributed by atoms with Crippen molar-refractivity contribution in [3.63, 3.8) is 0 Å². The lowest BCUT2D eigenvalue weighted by Crippen LogP contribution is -2.09. The highest BCUT2D eigenvalue weighted by Gasteiger charge is 2.24. The molecule has 138 valence electrons. The van der Waals surface area contributed by atoms with Gasteiger partial charge in [-0.3, -0.25) is 0 Å². The Kier molecular flexibility index (Phi) is 4.88. The highest BCUT2D eigenvalue weighted by Crippen LogP contribution is 2.43. The highest BCUT2D eigenvalue weighted by molar-refractivity contribution is 9.10. The molecule has 0 radical (unpaired) electrons. The smallest absolute Gasteiger partial charge is 0.205 e. The monoisotopic (exact) mass is 444 g/mol. The van der Waals surface area contributed by atoms with Crippen molar-refractivity contribution in [1.29, 1.82) is 0 Å². The Hall–Kier alpha value is -2.38. The summed E-state index contributed by atoms with van der Waals surface area (Å²) in [5.41, 5.74) is 2.78. The molecule has 0 bridgehead atoms. The van der Waals surface area contributed by atoms with E-state index in [2.05, 4.69) is 25.9 Å². The van der Waals surface area contributed by atoms with Crippen molar-refractivity contribution in [3.8, 4) is 34.5 Å². The number of methoxy groups -OCH3 is 1. The molecule has 4 rings (SSSR count). The van der Waals surface area contributed by atoms with E-state index in [1.165, 1.54) is 0 Å². The molecule has 3 aromatic rings. The van der Waals surface area contributed by atoms with Crippen molar-refractivity contribution >= 4 is 28.1 Å². The van der Waals surface area contributed by atoms with Crippen molar-refractivity contribution in [2.75, 3.05) is 13.7 Å². The van der Waals surface area contributed by atoms with Gasteiger partial charge in [0.15, 0.2) is 11.5 Å². The number of rotatable bonds is 4. The minimum Gasteiger partial charge on any atom is -0.494 e. The summed E-state index contributed by atoms with van der Waals surface area (Å²) in [5.74, 6) is 3.44. The number of H-pyrrole nitrogens is 1. The molecule has 0 saturated heterocycles. The second-order valence-corrected chi connectivity index (χ2v) is 7.33. The number of hydrogen-bond acceptors (Lipinski definition) is 5. The van der Waals surface area contributed by atoms with Gasteiger partial charge in [-0.1, -0.05) is 28.1 Å². The average Bonchev–Trinajstić information content (AvgIpc) is 2.67. The molecule has 0 amide bonds. The summed E-state index contributed by atoms with van der Waals surface area (Å²) in [6.07, 6.45) is 0.631. The Morgan fingerprint density at radius 2 is 2.04 bits per heavy atom. The number of fused-ring (bicyclic) bond motifs is 2. The third-order valence-electron chi connectivity index (χ3n) is 4.30. The third kappa shape index (κ3) is 3.44. The molecule has 1 aliphatic rings. The third-order valence-corrected chi connectivity index (χ3v) is 5.10. The number of aromatic nitrogens is 2. The second-order valence-electron chi connectivity index (χ2n) is 6.03. The van der Waals surface area contributed by atoms with Crippen LogP contribution in [0.4, 0.5) is 0 Å². The average molecular weight is 445 g/mol. The molecule has 1 aromatic heterocycles. The zero-order chi connectivity index (χ0) is 19.0. The minimum atomic E-state index is 0.525. The van der Waals surface area contributed by atoms with Gasteiger partial charge in [0.2, 0.25) is 5.88 Å². The normalized spacial score (nSPS) is 12.0. The van der Waals surface area contributed by atoms with Gasteiger partial charge in [-0.15, -0.1) is 0 Å². The van der Waals surface area contributed by atoms with E-state index in [0.29, 0.717) is 40.9 Å². The molecule has 0 spiro atoms. The quantitative estimate of drug-likeness (QED) is 0.410.